The van der Waals surface area contributed by atoms with E-state index in [0.29, 0.717) is 0 Å². The predicted octanol–water partition coefficient (Wildman–Crippen LogP) is 4.24. The Morgan fingerprint density at radius 1 is 0.607 bits per heavy atom. The summed E-state index contributed by atoms with van der Waals surface area (Å²) < 4.78 is 0. The van der Waals surface area contributed by atoms with Gasteiger partial charge in [-0.05, 0) is 30.2 Å². The number of hydrogen-bond donors (Lipinski definition) is 0. The van der Waals surface area contributed by atoms with E-state index in [-0.39, 0.29) is 6.71 Å². The van der Waals surface area contributed by atoms with Crippen molar-refractivity contribution in [1.82, 2.24) is 0 Å². The van der Waals surface area contributed by atoms with Gasteiger partial charge in [0.1, 0.15) is 0 Å². The fourth-order valence-corrected chi connectivity index (χ4v) is 3.74. The molecule has 0 aromatic heterocycles. The van der Waals surface area contributed by atoms with Crippen LogP contribution in [0.1, 0.15) is 12.5 Å². The maximum Gasteiger partial charge on any atom is 0.241 e. The van der Waals surface area contributed by atoms with Crippen molar-refractivity contribution in [3.8, 4) is 23.0 Å². The minimum absolute atomic E-state index is 0.168. The van der Waals surface area contributed by atoms with Crippen LogP contribution in [-0.2, 0) is 0 Å². The van der Waals surface area contributed by atoms with Gasteiger partial charge in [-0.25, -0.2) is 0 Å². The SMILES string of the molecule is CC#Cc1ccc(B(c2ccccc2)c2ccccc2)c(-c2ccccc2)c1. The molecule has 1 heteroatoms. The average molecular weight is 356 g/mol. The number of rotatable bonds is 4. The van der Waals surface area contributed by atoms with Crippen molar-refractivity contribution >= 4 is 23.1 Å². The lowest BCUT2D eigenvalue weighted by atomic mass is 9.36. The summed E-state index contributed by atoms with van der Waals surface area (Å²) in [7, 11) is 0. The van der Waals surface area contributed by atoms with Crippen molar-refractivity contribution in [3.63, 3.8) is 0 Å². The highest BCUT2D eigenvalue weighted by Gasteiger charge is 2.24. The Bertz CT molecular complexity index is 1070. The van der Waals surface area contributed by atoms with E-state index in [1.54, 1.807) is 0 Å². The van der Waals surface area contributed by atoms with Crippen LogP contribution in [-0.4, -0.2) is 6.71 Å². The van der Waals surface area contributed by atoms with E-state index in [1.807, 2.05) is 6.92 Å². The van der Waals surface area contributed by atoms with Crippen LogP contribution in [0.2, 0.25) is 0 Å². The van der Waals surface area contributed by atoms with Crippen molar-refractivity contribution in [2.24, 2.45) is 0 Å². The molecule has 0 N–H and O–H groups in total. The molecule has 0 amide bonds. The van der Waals surface area contributed by atoms with Gasteiger partial charge in [0.2, 0.25) is 6.71 Å². The third-order valence-electron chi connectivity index (χ3n) is 4.98. The van der Waals surface area contributed by atoms with Crippen LogP contribution in [0.25, 0.3) is 11.1 Å². The molecule has 0 nitrogen and oxygen atoms in total. The average Bonchev–Trinajstić information content (AvgIpc) is 2.77. The van der Waals surface area contributed by atoms with Gasteiger partial charge >= 0.3 is 0 Å². The summed E-state index contributed by atoms with van der Waals surface area (Å²) in [6.07, 6.45) is 0. The molecule has 4 rings (SSSR count). The van der Waals surface area contributed by atoms with E-state index in [0.717, 1.165) is 5.56 Å². The molecule has 0 unspecified atom stereocenters. The topological polar surface area (TPSA) is 0 Å². The molecule has 0 aliphatic heterocycles. The van der Waals surface area contributed by atoms with E-state index < -0.39 is 0 Å². The van der Waals surface area contributed by atoms with Crippen LogP contribution in [0.4, 0.5) is 0 Å². The third-order valence-corrected chi connectivity index (χ3v) is 4.98. The molecule has 0 fully saturated rings. The zero-order valence-corrected chi connectivity index (χ0v) is 16.0. The normalized spacial score (nSPS) is 10.0. The Balaban J connectivity index is 1.97. The first-order valence-electron chi connectivity index (χ1n) is 9.59. The standard InChI is InChI=1S/C27H21B/c1-2-12-22-19-20-27(26(21-22)23-13-6-3-7-14-23)28(24-15-8-4-9-16-24)25-17-10-5-11-18-25/h3-11,13-21H,1H3. The Kier molecular flexibility index (Phi) is 5.41. The first kappa shape index (κ1) is 17.9. The lowest BCUT2D eigenvalue weighted by Crippen LogP contribution is -2.52. The van der Waals surface area contributed by atoms with Crippen molar-refractivity contribution in [1.29, 1.82) is 0 Å². The molecule has 0 aliphatic rings. The fraction of sp³-hybridized carbons (Fsp3) is 0.0370. The van der Waals surface area contributed by atoms with Crippen molar-refractivity contribution < 1.29 is 0 Å². The van der Waals surface area contributed by atoms with Crippen molar-refractivity contribution in [2.45, 2.75) is 6.92 Å². The summed E-state index contributed by atoms with van der Waals surface area (Å²) in [5.41, 5.74) is 7.38. The summed E-state index contributed by atoms with van der Waals surface area (Å²) in [4.78, 5) is 0. The lowest BCUT2D eigenvalue weighted by Gasteiger charge is -2.20. The molecule has 0 saturated carbocycles. The summed E-state index contributed by atoms with van der Waals surface area (Å²) in [5.74, 6) is 6.24. The highest BCUT2D eigenvalue weighted by atomic mass is 14.1. The second-order valence-electron chi connectivity index (χ2n) is 6.80. The van der Waals surface area contributed by atoms with E-state index in [2.05, 4.69) is 121 Å². The second-order valence-corrected chi connectivity index (χ2v) is 6.80. The molecule has 0 radical (unpaired) electrons. The molecular formula is C27H21B. The summed E-state index contributed by atoms with van der Waals surface area (Å²) >= 11 is 0. The summed E-state index contributed by atoms with van der Waals surface area (Å²) in [5, 5.41) is 0. The van der Waals surface area contributed by atoms with Gasteiger partial charge < -0.3 is 0 Å². The van der Waals surface area contributed by atoms with Crippen LogP contribution < -0.4 is 16.4 Å². The van der Waals surface area contributed by atoms with Crippen LogP contribution >= 0.6 is 0 Å². The molecule has 28 heavy (non-hydrogen) atoms. The second kappa shape index (κ2) is 8.46. The van der Waals surface area contributed by atoms with Crippen molar-refractivity contribution in [3.05, 3.63) is 115 Å². The van der Waals surface area contributed by atoms with E-state index in [1.165, 1.54) is 27.5 Å². The number of benzene rings is 4. The zero-order chi connectivity index (χ0) is 19.2. The highest BCUT2D eigenvalue weighted by Crippen LogP contribution is 2.19. The molecule has 4 aromatic carbocycles. The molecule has 0 saturated heterocycles. The van der Waals surface area contributed by atoms with Gasteiger partial charge in [0, 0.05) is 5.56 Å². The first-order valence-corrected chi connectivity index (χ1v) is 9.59. The van der Waals surface area contributed by atoms with Gasteiger partial charge in [0.05, 0.1) is 0 Å². The Morgan fingerprint density at radius 2 is 1.14 bits per heavy atom. The van der Waals surface area contributed by atoms with Gasteiger partial charge in [0.25, 0.3) is 0 Å². The third kappa shape index (κ3) is 3.78. The molecule has 0 spiro atoms. The maximum absolute atomic E-state index is 3.21. The Morgan fingerprint density at radius 3 is 1.68 bits per heavy atom. The quantitative estimate of drug-likeness (QED) is 0.379. The Hall–Kier alpha value is -3.50. The first-order chi connectivity index (χ1) is 13.9. The molecule has 0 heterocycles. The van der Waals surface area contributed by atoms with Gasteiger partial charge in [-0.2, -0.15) is 0 Å². The molecule has 132 valence electrons. The fourth-order valence-electron chi connectivity index (χ4n) is 3.74. The van der Waals surface area contributed by atoms with Crippen LogP contribution in [0.5, 0.6) is 0 Å². The highest BCUT2D eigenvalue weighted by molar-refractivity contribution is 6.96. The molecule has 4 aromatic rings. The monoisotopic (exact) mass is 356 g/mol. The zero-order valence-electron chi connectivity index (χ0n) is 16.0. The van der Waals surface area contributed by atoms with Crippen molar-refractivity contribution in [2.75, 3.05) is 0 Å². The maximum atomic E-state index is 3.21. The van der Waals surface area contributed by atoms with Gasteiger partial charge in [-0.3, -0.25) is 0 Å². The molecule has 0 bridgehead atoms. The minimum Gasteiger partial charge on any atom is -0.101 e. The van der Waals surface area contributed by atoms with Gasteiger partial charge in [-0.15, -0.1) is 5.92 Å². The van der Waals surface area contributed by atoms with E-state index in [9.17, 15) is 0 Å². The lowest BCUT2D eigenvalue weighted by molar-refractivity contribution is 1.61. The summed E-state index contributed by atoms with van der Waals surface area (Å²) in [6, 6.07) is 38.7. The van der Waals surface area contributed by atoms with Gasteiger partial charge in [-0.1, -0.05) is 119 Å². The van der Waals surface area contributed by atoms with Crippen LogP contribution in [0.15, 0.2) is 109 Å². The van der Waals surface area contributed by atoms with Gasteiger partial charge in [0.15, 0.2) is 0 Å². The molecular weight excluding hydrogens is 335 g/mol. The number of hydrogen-bond acceptors (Lipinski definition) is 0. The predicted molar refractivity (Wildman–Crippen MR) is 122 cm³/mol. The van der Waals surface area contributed by atoms with E-state index >= 15 is 0 Å². The van der Waals surface area contributed by atoms with E-state index in [4.69, 9.17) is 0 Å². The smallest absolute Gasteiger partial charge is 0.101 e. The molecule has 0 atom stereocenters. The summed E-state index contributed by atoms with van der Waals surface area (Å²) in [6.45, 7) is 2.05. The van der Waals surface area contributed by atoms with Crippen LogP contribution in [0, 0.1) is 11.8 Å². The largest absolute Gasteiger partial charge is 0.241 e. The molecule has 0 aliphatic carbocycles. The van der Waals surface area contributed by atoms with Crippen LogP contribution in [0.3, 0.4) is 0 Å². The Labute approximate surface area is 168 Å². The minimum atomic E-state index is 0.168.